The molecule has 0 fully saturated rings. The molecule has 3 rings (SSSR count). The van der Waals surface area contributed by atoms with E-state index < -0.39 is 43.4 Å². The molecule has 0 spiro atoms. The zero-order chi connectivity index (χ0) is 22.4. The fraction of sp³-hybridized carbons (Fsp3) is 0.0526. The lowest BCUT2D eigenvalue weighted by Gasteiger charge is -2.17. The number of sulfonamides is 1. The Hall–Kier alpha value is -2.20. The molecule has 0 aliphatic carbocycles. The van der Waals surface area contributed by atoms with Gasteiger partial charge in [0.1, 0.15) is 0 Å². The summed E-state index contributed by atoms with van der Waals surface area (Å²) in [5.74, 6) is -2.61. The lowest BCUT2D eigenvalue weighted by Crippen LogP contribution is -2.13. The molecule has 3 aromatic carbocycles. The molecule has 0 radical (unpaired) electrons. The number of primary sulfonamides is 1. The Labute approximate surface area is 177 Å². The molecule has 3 nitrogen and oxygen atoms in total. The second-order valence-corrected chi connectivity index (χ2v) is 8.51. The molecule has 0 heterocycles. The third kappa shape index (κ3) is 4.29. The van der Waals surface area contributed by atoms with Gasteiger partial charge < -0.3 is 0 Å². The van der Waals surface area contributed by atoms with Crippen molar-refractivity contribution in [2.45, 2.75) is 11.1 Å². The second kappa shape index (κ2) is 7.81. The molecule has 30 heavy (non-hydrogen) atoms. The number of alkyl halides is 3. The molecule has 0 aromatic heterocycles. The highest BCUT2D eigenvalue weighted by atomic mass is 35.5. The molecule has 0 aliphatic rings. The van der Waals surface area contributed by atoms with Crippen LogP contribution in [0, 0.1) is 11.6 Å². The molecule has 0 bridgehead atoms. The highest BCUT2D eigenvalue weighted by molar-refractivity contribution is 7.89. The smallest absolute Gasteiger partial charge is 0.225 e. The van der Waals surface area contributed by atoms with Crippen molar-refractivity contribution in [2.75, 3.05) is 0 Å². The van der Waals surface area contributed by atoms with Gasteiger partial charge in [-0.2, -0.15) is 13.2 Å². The SMILES string of the molecule is NS(=O)(=O)c1ccccc1-c1cc(F)c(F)cc1-c1cc(Cl)c(C(F)(F)F)c(Cl)c1. The van der Waals surface area contributed by atoms with Crippen LogP contribution in [0.4, 0.5) is 22.0 Å². The monoisotopic (exact) mass is 481 g/mol. The third-order valence-corrected chi connectivity index (χ3v) is 5.75. The van der Waals surface area contributed by atoms with Gasteiger partial charge in [-0.25, -0.2) is 22.3 Å². The fourth-order valence-corrected chi connectivity index (χ4v) is 4.40. The van der Waals surface area contributed by atoms with E-state index in [0.29, 0.717) is 12.1 Å². The number of hydrogen-bond donors (Lipinski definition) is 1. The number of nitrogens with two attached hydrogens (primary N) is 1. The first-order valence-electron chi connectivity index (χ1n) is 7.98. The first kappa shape index (κ1) is 22.5. The molecule has 2 N–H and O–H groups in total. The molecule has 11 heteroatoms. The quantitative estimate of drug-likeness (QED) is 0.448. The Kier molecular flexibility index (Phi) is 5.85. The fourth-order valence-electron chi connectivity index (χ4n) is 2.95. The van der Waals surface area contributed by atoms with E-state index in [9.17, 15) is 30.4 Å². The van der Waals surface area contributed by atoms with Crippen LogP contribution in [0.2, 0.25) is 10.0 Å². The van der Waals surface area contributed by atoms with Gasteiger partial charge in [-0.05, 0) is 47.0 Å². The minimum Gasteiger partial charge on any atom is -0.225 e. The van der Waals surface area contributed by atoms with Gasteiger partial charge in [0.15, 0.2) is 11.6 Å². The summed E-state index contributed by atoms with van der Waals surface area (Å²) in [6.07, 6.45) is -4.84. The van der Waals surface area contributed by atoms with Gasteiger partial charge in [0.25, 0.3) is 0 Å². The van der Waals surface area contributed by atoms with Crippen LogP contribution in [-0.2, 0) is 16.2 Å². The summed E-state index contributed by atoms with van der Waals surface area (Å²) in [5, 5.41) is 3.68. The van der Waals surface area contributed by atoms with Crippen LogP contribution in [0.15, 0.2) is 53.4 Å². The summed E-state index contributed by atoms with van der Waals surface area (Å²) < 4.78 is 91.3. The van der Waals surface area contributed by atoms with Gasteiger partial charge in [0.05, 0.1) is 20.5 Å². The maximum Gasteiger partial charge on any atom is 0.419 e. The van der Waals surface area contributed by atoms with E-state index in [1.165, 1.54) is 18.2 Å². The molecular weight excluding hydrogens is 472 g/mol. The van der Waals surface area contributed by atoms with Crippen LogP contribution in [0.25, 0.3) is 22.3 Å². The Bertz CT molecular complexity index is 1240. The number of benzene rings is 3. The molecule has 0 saturated heterocycles. The van der Waals surface area contributed by atoms with Crippen molar-refractivity contribution in [1.82, 2.24) is 0 Å². The summed E-state index contributed by atoms with van der Waals surface area (Å²) in [6.45, 7) is 0. The minimum absolute atomic E-state index is 0.0824. The average Bonchev–Trinajstić information content (AvgIpc) is 2.61. The van der Waals surface area contributed by atoms with Crippen molar-refractivity contribution in [1.29, 1.82) is 0 Å². The molecule has 0 aliphatic heterocycles. The summed E-state index contributed by atoms with van der Waals surface area (Å²) in [7, 11) is -4.26. The highest BCUT2D eigenvalue weighted by Gasteiger charge is 2.36. The van der Waals surface area contributed by atoms with Gasteiger partial charge >= 0.3 is 6.18 Å². The Morgan fingerprint density at radius 1 is 0.800 bits per heavy atom. The van der Waals surface area contributed by atoms with Crippen molar-refractivity contribution < 1.29 is 30.4 Å². The topological polar surface area (TPSA) is 60.2 Å². The van der Waals surface area contributed by atoms with Gasteiger partial charge in [-0.15, -0.1) is 0 Å². The third-order valence-electron chi connectivity index (χ3n) is 4.18. The van der Waals surface area contributed by atoms with Crippen molar-refractivity contribution >= 4 is 33.2 Å². The molecular formula is C19H10Cl2F5NO2S. The summed E-state index contributed by atoms with van der Waals surface area (Å²) in [5.41, 5.74) is -1.73. The maximum absolute atomic E-state index is 14.0. The Balaban J connectivity index is 2.37. The van der Waals surface area contributed by atoms with E-state index in [1.807, 2.05) is 0 Å². The normalized spacial score (nSPS) is 12.3. The van der Waals surface area contributed by atoms with Crippen molar-refractivity contribution in [2.24, 2.45) is 5.14 Å². The summed E-state index contributed by atoms with van der Waals surface area (Å²) >= 11 is 11.5. The van der Waals surface area contributed by atoms with E-state index in [-0.39, 0.29) is 27.1 Å². The van der Waals surface area contributed by atoms with E-state index >= 15 is 0 Å². The molecule has 0 saturated carbocycles. The molecule has 0 atom stereocenters. The average molecular weight is 482 g/mol. The van der Waals surface area contributed by atoms with Crippen LogP contribution < -0.4 is 5.14 Å². The Morgan fingerprint density at radius 2 is 1.30 bits per heavy atom. The van der Waals surface area contributed by atoms with Crippen LogP contribution >= 0.6 is 23.2 Å². The number of halogens is 7. The van der Waals surface area contributed by atoms with Crippen LogP contribution in [0.1, 0.15) is 5.56 Å². The van der Waals surface area contributed by atoms with Gasteiger partial charge in [-0.3, -0.25) is 0 Å². The first-order chi connectivity index (χ1) is 13.8. The van der Waals surface area contributed by atoms with E-state index in [0.717, 1.165) is 18.2 Å². The zero-order valence-electron chi connectivity index (χ0n) is 14.6. The lowest BCUT2D eigenvalue weighted by molar-refractivity contribution is -0.137. The standard InChI is InChI=1S/C19H10Cl2F5NO2S/c20-13-5-9(6-14(21)18(13)19(24,25)26)11-7-15(22)16(23)8-12(11)10-3-1-2-4-17(10)30(27,28)29/h1-8H,(H2,27,28,29). The van der Waals surface area contributed by atoms with Crippen LogP contribution in [-0.4, -0.2) is 8.42 Å². The number of hydrogen-bond acceptors (Lipinski definition) is 2. The number of rotatable bonds is 3. The largest absolute Gasteiger partial charge is 0.419 e. The van der Waals surface area contributed by atoms with Crippen molar-refractivity contribution in [3.05, 3.63) is 75.8 Å². The minimum atomic E-state index is -4.84. The molecule has 158 valence electrons. The van der Waals surface area contributed by atoms with E-state index in [2.05, 4.69) is 0 Å². The van der Waals surface area contributed by atoms with Crippen molar-refractivity contribution in [3.63, 3.8) is 0 Å². The summed E-state index contributed by atoms with van der Waals surface area (Å²) in [6, 6.07) is 8.44. The predicted molar refractivity (Wildman–Crippen MR) is 104 cm³/mol. The highest BCUT2D eigenvalue weighted by Crippen LogP contribution is 2.44. The lowest BCUT2D eigenvalue weighted by atomic mass is 9.93. The summed E-state index contributed by atoms with van der Waals surface area (Å²) in [4.78, 5) is -0.388. The predicted octanol–water partition coefficient (Wildman–Crippen LogP) is 6.27. The molecule has 0 unspecified atom stereocenters. The van der Waals surface area contributed by atoms with Crippen LogP contribution in [0.3, 0.4) is 0 Å². The molecule has 3 aromatic rings. The maximum atomic E-state index is 14.0. The van der Waals surface area contributed by atoms with Crippen molar-refractivity contribution in [3.8, 4) is 22.3 Å². The zero-order valence-corrected chi connectivity index (χ0v) is 16.9. The van der Waals surface area contributed by atoms with Gasteiger partial charge in [0, 0.05) is 5.56 Å². The van der Waals surface area contributed by atoms with Gasteiger partial charge in [0.2, 0.25) is 10.0 Å². The van der Waals surface area contributed by atoms with E-state index in [4.69, 9.17) is 28.3 Å². The molecule has 0 amide bonds. The van der Waals surface area contributed by atoms with Gasteiger partial charge in [-0.1, -0.05) is 41.4 Å². The van der Waals surface area contributed by atoms with E-state index in [1.54, 1.807) is 0 Å². The first-order valence-corrected chi connectivity index (χ1v) is 10.3. The second-order valence-electron chi connectivity index (χ2n) is 6.17. The van der Waals surface area contributed by atoms with Crippen LogP contribution in [0.5, 0.6) is 0 Å². The Morgan fingerprint density at radius 3 is 1.80 bits per heavy atom.